The monoisotopic (exact) mass is 380 g/mol. The minimum absolute atomic E-state index is 0.112. The zero-order valence-corrected chi connectivity index (χ0v) is 17.0. The molecule has 0 unspecified atom stereocenters. The molecular formula is C23H32N4O. The van der Waals surface area contributed by atoms with E-state index in [4.69, 9.17) is 0 Å². The molecule has 5 heteroatoms. The average Bonchev–Trinajstić information content (AvgIpc) is 3.16. The lowest BCUT2D eigenvalue weighted by molar-refractivity contribution is 0.0679. The summed E-state index contributed by atoms with van der Waals surface area (Å²) in [5.41, 5.74) is 3.55. The molecule has 0 atom stereocenters. The van der Waals surface area contributed by atoms with Crippen LogP contribution in [-0.4, -0.2) is 51.7 Å². The fourth-order valence-electron chi connectivity index (χ4n) is 4.58. The maximum absolute atomic E-state index is 12.6. The van der Waals surface area contributed by atoms with Crippen LogP contribution in [0.2, 0.25) is 0 Å². The van der Waals surface area contributed by atoms with Gasteiger partial charge in [-0.1, -0.05) is 30.7 Å². The van der Waals surface area contributed by atoms with E-state index in [-0.39, 0.29) is 5.91 Å². The summed E-state index contributed by atoms with van der Waals surface area (Å²) in [5.74, 6) is 0.782. The molecule has 1 aromatic carbocycles. The van der Waals surface area contributed by atoms with Crippen molar-refractivity contribution in [3.05, 3.63) is 53.3 Å². The van der Waals surface area contributed by atoms with E-state index in [1.165, 1.54) is 43.5 Å². The molecule has 2 fully saturated rings. The van der Waals surface area contributed by atoms with Crippen molar-refractivity contribution >= 4 is 5.91 Å². The van der Waals surface area contributed by atoms with Gasteiger partial charge in [0.05, 0.1) is 0 Å². The van der Waals surface area contributed by atoms with Crippen molar-refractivity contribution in [1.82, 2.24) is 19.6 Å². The quantitative estimate of drug-likeness (QED) is 0.797. The summed E-state index contributed by atoms with van der Waals surface area (Å²) < 4.78 is 1.67. The van der Waals surface area contributed by atoms with Gasteiger partial charge in [-0.15, -0.1) is 0 Å². The predicted molar refractivity (Wildman–Crippen MR) is 111 cm³/mol. The van der Waals surface area contributed by atoms with Crippen LogP contribution < -0.4 is 0 Å². The van der Waals surface area contributed by atoms with Crippen molar-refractivity contribution in [1.29, 1.82) is 0 Å². The third-order valence-electron chi connectivity index (χ3n) is 6.34. The van der Waals surface area contributed by atoms with Crippen molar-refractivity contribution in [2.75, 3.05) is 26.2 Å². The van der Waals surface area contributed by atoms with Gasteiger partial charge in [0.15, 0.2) is 0 Å². The first-order chi connectivity index (χ1) is 13.7. The van der Waals surface area contributed by atoms with Gasteiger partial charge in [0.1, 0.15) is 5.69 Å². The van der Waals surface area contributed by atoms with Crippen LogP contribution in [0.1, 0.15) is 53.7 Å². The van der Waals surface area contributed by atoms with Crippen LogP contribution in [0.25, 0.3) is 0 Å². The molecule has 4 rings (SSSR count). The Hall–Kier alpha value is -2.14. The van der Waals surface area contributed by atoms with Crippen LogP contribution in [0, 0.1) is 5.92 Å². The summed E-state index contributed by atoms with van der Waals surface area (Å²) in [7, 11) is 1.83. The molecule has 2 aliphatic heterocycles. The van der Waals surface area contributed by atoms with Gasteiger partial charge < -0.3 is 4.90 Å². The number of rotatable bonds is 5. The number of aromatic nitrogens is 2. The van der Waals surface area contributed by atoms with E-state index >= 15 is 0 Å². The molecule has 5 nitrogen and oxygen atoms in total. The van der Waals surface area contributed by atoms with Crippen molar-refractivity contribution in [2.24, 2.45) is 13.0 Å². The van der Waals surface area contributed by atoms with Gasteiger partial charge in [-0.25, -0.2) is 0 Å². The maximum atomic E-state index is 12.6. The molecule has 2 aromatic rings. The van der Waals surface area contributed by atoms with E-state index in [9.17, 15) is 4.79 Å². The number of hydrogen-bond donors (Lipinski definition) is 0. The molecule has 2 saturated heterocycles. The third-order valence-corrected chi connectivity index (χ3v) is 6.34. The normalized spacial score (nSPS) is 19.1. The molecule has 0 radical (unpaired) electrons. The van der Waals surface area contributed by atoms with E-state index < -0.39 is 0 Å². The number of benzene rings is 1. The van der Waals surface area contributed by atoms with Gasteiger partial charge in [-0.05, 0) is 68.3 Å². The fraction of sp³-hybridized carbons (Fsp3) is 0.565. The molecule has 3 heterocycles. The van der Waals surface area contributed by atoms with Gasteiger partial charge in [-0.2, -0.15) is 5.10 Å². The summed E-state index contributed by atoms with van der Waals surface area (Å²) in [6.45, 7) is 5.29. The smallest absolute Gasteiger partial charge is 0.272 e. The van der Waals surface area contributed by atoms with Crippen molar-refractivity contribution in [2.45, 2.75) is 45.1 Å². The summed E-state index contributed by atoms with van der Waals surface area (Å²) in [6.07, 6.45) is 9.06. The molecule has 2 aliphatic rings. The highest BCUT2D eigenvalue weighted by molar-refractivity contribution is 5.92. The maximum Gasteiger partial charge on any atom is 0.272 e. The van der Waals surface area contributed by atoms with Crippen LogP contribution in [0.4, 0.5) is 0 Å². The largest absolute Gasteiger partial charge is 0.337 e. The second-order valence-corrected chi connectivity index (χ2v) is 8.43. The second-order valence-electron chi connectivity index (χ2n) is 8.43. The molecule has 0 N–H and O–H groups in total. The lowest BCUT2D eigenvalue weighted by atomic mass is 9.89. The van der Waals surface area contributed by atoms with E-state index in [0.29, 0.717) is 11.6 Å². The second kappa shape index (κ2) is 8.91. The van der Waals surface area contributed by atoms with Gasteiger partial charge in [0, 0.05) is 32.9 Å². The first-order valence-corrected chi connectivity index (χ1v) is 10.8. The number of amides is 1. The number of nitrogens with zero attached hydrogens (tertiary/aromatic N) is 4. The Labute approximate surface area is 168 Å². The molecular weight excluding hydrogens is 348 g/mol. The van der Waals surface area contributed by atoms with Crippen molar-refractivity contribution in [3.63, 3.8) is 0 Å². The van der Waals surface area contributed by atoms with Crippen molar-refractivity contribution < 1.29 is 4.79 Å². The number of piperidine rings is 2. The average molecular weight is 381 g/mol. The van der Waals surface area contributed by atoms with Gasteiger partial charge in [0.2, 0.25) is 0 Å². The third kappa shape index (κ3) is 4.64. The predicted octanol–water partition coefficient (Wildman–Crippen LogP) is 3.50. The topological polar surface area (TPSA) is 41.4 Å². The molecule has 28 heavy (non-hydrogen) atoms. The molecule has 0 spiro atoms. The summed E-state index contributed by atoms with van der Waals surface area (Å²) >= 11 is 0. The van der Waals surface area contributed by atoms with Gasteiger partial charge >= 0.3 is 0 Å². The number of aryl methyl sites for hydroxylation is 1. The Morgan fingerprint density at radius 3 is 2.29 bits per heavy atom. The minimum Gasteiger partial charge on any atom is -0.337 e. The lowest BCUT2D eigenvalue weighted by Gasteiger charge is -2.32. The SMILES string of the molecule is Cn1nccc1C(=O)N1CCC(Cc2ccc(CN3CCCCC3)cc2)CC1. The Bertz CT molecular complexity index is 768. The van der Waals surface area contributed by atoms with Crippen LogP contribution >= 0.6 is 0 Å². The Morgan fingerprint density at radius 1 is 0.964 bits per heavy atom. The standard InChI is InChI=1S/C23H32N4O/c1-25-22(9-12-24-25)23(28)27-15-10-20(11-16-27)17-19-5-7-21(8-6-19)18-26-13-3-2-4-14-26/h5-9,12,20H,2-4,10-11,13-18H2,1H3. The first kappa shape index (κ1) is 19.2. The molecule has 0 aliphatic carbocycles. The van der Waals surface area contributed by atoms with Crippen molar-refractivity contribution in [3.8, 4) is 0 Å². The number of carbonyl (C=O) groups is 1. The summed E-state index contributed by atoms with van der Waals surface area (Å²) in [5, 5.41) is 4.11. The highest BCUT2D eigenvalue weighted by Crippen LogP contribution is 2.23. The number of hydrogen-bond acceptors (Lipinski definition) is 3. The zero-order chi connectivity index (χ0) is 19.3. The highest BCUT2D eigenvalue weighted by atomic mass is 16.2. The Kier molecular flexibility index (Phi) is 6.10. The molecule has 150 valence electrons. The van der Waals surface area contributed by atoms with Gasteiger partial charge in [0.25, 0.3) is 5.91 Å². The molecule has 1 aromatic heterocycles. The Morgan fingerprint density at radius 2 is 1.64 bits per heavy atom. The number of likely N-dealkylation sites (tertiary alicyclic amines) is 2. The first-order valence-electron chi connectivity index (χ1n) is 10.8. The zero-order valence-electron chi connectivity index (χ0n) is 17.0. The number of carbonyl (C=O) groups excluding carboxylic acids is 1. The van der Waals surface area contributed by atoms with Crippen LogP contribution in [0.3, 0.4) is 0 Å². The van der Waals surface area contributed by atoms with Crippen LogP contribution in [0.15, 0.2) is 36.5 Å². The Balaban J connectivity index is 1.25. The molecule has 0 bridgehead atoms. The minimum atomic E-state index is 0.112. The van der Waals surface area contributed by atoms with Crippen LogP contribution in [-0.2, 0) is 20.0 Å². The van der Waals surface area contributed by atoms with Crippen LogP contribution in [0.5, 0.6) is 0 Å². The molecule has 1 amide bonds. The lowest BCUT2D eigenvalue weighted by Crippen LogP contribution is -2.39. The fourth-order valence-corrected chi connectivity index (χ4v) is 4.58. The van der Waals surface area contributed by atoms with E-state index in [0.717, 1.165) is 38.9 Å². The van der Waals surface area contributed by atoms with E-state index in [1.54, 1.807) is 16.9 Å². The molecule has 0 saturated carbocycles. The van der Waals surface area contributed by atoms with E-state index in [1.807, 2.05) is 11.9 Å². The summed E-state index contributed by atoms with van der Waals surface area (Å²) in [4.78, 5) is 17.2. The van der Waals surface area contributed by atoms with E-state index in [2.05, 4.69) is 34.3 Å². The van der Waals surface area contributed by atoms with Gasteiger partial charge in [-0.3, -0.25) is 14.4 Å². The summed E-state index contributed by atoms with van der Waals surface area (Å²) in [6, 6.07) is 11.1. The highest BCUT2D eigenvalue weighted by Gasteiger charge is 2.25.